The van der Waals surface area contributed by atoms with Crippen molar-refractivity contribution in [1.82, 2.24) is 28.7 Å². The van der Waals surface area contributed by atoms with Gasteiger partial charge >= 0.3 is 0 Å². The summed E-state index contributed by atoms with van der Waals surface area (Å²) in [6.07, 6.45) is 0. The van der Waals surface area contributed by atoms with Crippen molar-refractivity contribution in [2.24, 2.45) is 0 Å². The minimum absolute atomic E-state index is 0.579. The van der Waals surface area contributed by atoms with Gasteiger partial charge in [0.1, 0.15) is 0 Å². The molecule has 6 heteroatoms. The van der Waals surface area contributed by atoms with Crippen LogP contribution in [0.3, 0.4) is 0 Å². The summed E-state index contributed by atoms with van der Waals surface area (Å²) in [5.74, 6) is 1.79. The molecule has 0 fully saturated rings. The number of fused-ring (bicyclic) bond motifs is 9. The monoisotopic (exact) mass is 1050 g/mol. The molecule has 0 aliphatic rings. The first-order valence-corrected chi connectivity index (χ1v) is 27.9. The van der Waals surface area contributed by atoms with Crippen molar-refractivity contribution >= 4 is 65.4 Å². The van der Waals surface area contributed by atoms with E-state index >= 15 is 0 Å². The molecular weight excluding hydrogens is 997 g/mol. The van der Waals surface area contributed by atoms with E-state index in [9.17, 15) is 0 Å². The SMILES string of the molecule is Cc1cccc(-c2ccc3c(c2)c2ccccc2n3-c2c(-c3ccc(-n4c5ccccc5c5ccccc54)cc3)cc(-c3nc(-c4ccccc4)nc(-c4ccccc4)n3)cc2-c2ccc(-n3c4ccccc4c4ccccc43)cc2)c1. The molecule has 4 aromatic heterocycles. The summed E-state index contributed by atoms with van der Waals surface area (Å²) in [4.78, 5) is 15.9. The second-order valence-electron chi connectivity index (χ2n) is 21.2. The quantitative estimate of drug-likeness (QED) is 0.145. The van der Waals surface area contributed by atoms with Crippen LogP contribution >= 0.6 is 0 Å². The van der Waals surface area contributed by atoms with Crippen molar-refractivity contribution < 1.29 is 0 Å². The smallest absolute Gasteiger partial charge is 0.164 e. The maximum Gasteiger partial charge on any atom is 0.164 e. The third-order valence-electron chi connectivity index (χ3n) is 16.3. The number of aryl methyl sites for hydroxylation is 1. The van der Waals surface area contributed by atoms with Gasteiger partial charge in [0.25, 0.3) is 0 Å². The fraction of sp³-hybridized carbons (Fsp3) is 0.0132. The van der Waals surface area contributed by atoms with E-state index in [0.29, 0.717) is 17.5 Å². The first-order valence-electron chi connectivity index (χ1n) is 27.9. The summed E-state index contributed by atoms with van der Waals surface area (Å²) in [6.45, 7) is 2.16. The Kier molecular flexibility index (Phi) is 11.0. The number of aromatic nitrogens is 6. The molecule has 384 valence electrons. The van der Waals surface area contributed by atoms with Gasteiger partial charge in [0.2, 0.25) is 0 Å². The van der Waals surface area contributed by atoms with Crippen LogP contribution in [-0.4, -0.2) is 28.7 Å². The van der Waals surface area contributed by atoms with Gasteiger partial charge in [-0.25, -0.2) is 15.0 Å². The molecule has 0 amide bonds. The van der Waals surface area contributed by atoms with Crippen LogP contribution in [0, 0.1) is 6.92 Å². The van der Waals surface area contributed by atoms with E-state index in [1.807, 2.05) is 36.4 Å². The zero-order valence-corrected chi connectivity index (χ0v) is 44.8. The molecule has 0 bridgehead atoms. The molecule has 0 atom stereocenters. The van der Waals surface area contributed by atoms with Crippen LogP contribution in [-0.2, 0) is 0 Å². The highest BCUT2D eigenvalue weighted by atomic mass is 15.0. The number of hydrogen-bond acceptors (Lipinski definition) is 3. The molecule has 16 rings (SSSR count). The Balaban J connectivity index is 0.993. The number of hydrogen-bond donors (Lipinski definition) is 0. The molecule has 0 saturated carbocycles. The molecule has 0 saturated heterocycles. The lowest BCUT2D eigenvalue weighted by Crippen LogP contribution is -2.04. The molecule has 0 N–H and O–H groups in total. The average Bonchev–Trinajstić information content (AvgIpc) is 4.34. The van der Waals surface area contributed by atoms with Crippen molar-refractivity contribution in [2.75, 3.05) is 0 Å². The molecule has 0 aliphatic carbocycles. The normalized spacial score (nSPS) is 11.7. The predicted molar refractivity (Wildman–Crippen MR) is 340 cm³/mol. The van der Waals surface area contributed by atoms with E-state index in [4.69, 9.17) is 15.0 Å². The van der Waals surface area contributed by atoms with Gasteiger partial charge in [-0.05, 0) is 108 Å². The Morgan fingerprint density at radius 2 is 0.573 bits per heavy atom. The van der Waals surface area contributed by atoms with Crippen LogP contribution in [0.15, 0.2) is 285 Å². The first-order chi connectivity index (χ1) is 40.6. The maximum atomic E-state index is 5.38. The third-order valence-corrected chi connectivity index (χ3v) is 16.3. The molecule has 0 unspecified atom stereocenters. The summed E-state index contributed by atoms with van der Waals surface area (Å²) in [6, 6.07) is 103. The lowest BCUT2D eigenvalue weighted by molar-refractivity contribution is 1.07. The number of benzene rings is 12. The molecule has 4 heterocycles. The fourth-order valence-electron chi connectivity index (χ4n) is 12.6. The Morgan fingerprint density at radius 1 is 0.232 bits per heavy atom. The van der Waals surface area contributed by atoms with Crippen molar-refractivity contribution in [1.29, 1.82) is 0 Å². The van der Waals surface area contributed by atoms with E-state index < -0.39 is 0 Å². The first kappa shape index (κ1) is 47.1. The number of nitrogens with zero attached hydrogens (tertiary/aromatic N) is 6. The van der Waals surface area contributed by atoms with Crippen molar-refractivity contribution in [3.05, 3.63) is 291 Å². The highest BCUT2D eigenvalue weighted by Crippen LogP contribution is 2.46. The Labute approximate surface area is 473 Å². The van der Waals surface area contributed by atoms with Crippen LogP contribution in [0.2, 0.25) is 0 Å². The second-order valence-corrected chi connectivity index (χ2v) is 21.2. The van der Waals surface area contributed by atoms with Crippen molar-refractivity contribution in [2.45, 2.75) is 6.92 Å². The zero-order chi connectivity index (χ0) is 54.3. The van der Waals surface area contributed by atoms with Gasteiger partial charge in [-0.2, -0.15) is 0 Å². The van der Waals surface area contributed by atoms with Crippen LogP contribution in [0.1, 0.15) is 5.56 Å². The van der Waals surface area contributed by atoms with E-state index in [0.717, 1.165) is 67.0 Å². The van der Waals surface area contributed by atoms with Gasteiger partial charge in [-0.3, -0.25) is 0 Å². The van der Waals surface area contributed by atoms with Crippen LogP contribution < -0.4 is 0 Å². The van der Waals surface area contributed by atoms with Gasteiger partial charge in [-0.1, -0.05) is 212 Å². The van der Waals surface area contributed by atoms with Gasteiger partial charge in [0.05, 0.1) is 38.8 Å². The highest BCUT2D eigenvalue weighted by molar-refractivity contribution is 6.13. The molecule has 0 spiro atoms. The Hall–Kier alpha value is -11.0. The molecular formula is C76H50N6. The van der Waals surface area contributed by atoms with Crippen LogP contribution in [0.4, 0.5) is 0 Å². The Bertz CT molecular complexity index is 4800. The largest absolute Gasteiger partial charge is 0.309 e. The van der Waals surface area contributed by atoms with E-state index in [1.54, 1.807) is 0 Å². The summed E-state index contributed by atoms with van der Waals surface area (Å²) < 4.78 is 7.27. The lowest BCUT2D eigenvalue weighted by Gasteiger charge is -2.22. The van der Waals surface area contributed by atoms with Gasteiger partial charge in [0, 0.05) is 71.5 Å². The van der Waals surface area contributed by atoms with Gasteiger partial charge in [-0.15, -0.1) is 0 Å². The van der Waals surface area contributed by atoms with E-state index in [1.165, 1.54) is 71.1 Å². The maximum absolute atomic E-state index is 5.38. The fourth-order valence-corrected chi connectivity index (χ4v) is 12.6. The molecule has 0 radical (unpaired) electrons. The van der Waals surface area contributed by atoms with Crippen LogP contribution in [0.5, 0.6) is 0 Å². The third kappa shape index (κ3) is 7.76. The van der Waals surface area contributed by atoms with Crippen molar-refractivity contribution in [3.63, 3.8) is 0 Å². The lowest BCUT2D eigenvalue weighted by atomic mass is 9.92. The minimum Gasteiger partial charge on any atom is -0.309 e. The van der Waals surface area contributed by atoms with Gasteiger partial charge in [0.15, 0.2) is 17.5 Å². The second kappa shape index (κ2) is 19.2. The molecule has 16 aromatic rings. The molecule has 12 aromatic carbocycles. The summed E-state index contributed by atoms with van der Waals surface area (Å²) in [7, 11) is 0. The van der Waals surface area contributed by atoms with Gasteiger partial charge < -0.3 is 13.7 Å². The minimum atomic E-state index is 0.579. The summed E-state index contributed by atoms with van der Waals surface area (Å²) in [5.41, 5.74) is 20.5. The predicted octanol–water partition coefficient (Wildman–Crippen LogP) is 19.5. The summed E-state index contributed by atoms with van der Waals surface area (Å²) >= 11 is 0. The topological polar surface area (TPSA) is 53.5 Å². The van der Waals surface area contributed by atoms with E-state index in [-0.39, 0.29) is 0 Å². The van der Waals surface area contributed by atoms with Crippen molar-refractivity contribution in [3.8, 4) is 84.6 Å². The Morgan fingerprint density at radius 3 is 1.01 bits per heavy atom. The molecule has 82 heavy (non-hydrogen) atoms. The highest BCUT2D eigenvalue weighted by Gasteiger charge is 2.25. The average molecular weight is 1050 g/mol. The number of para-hydroxylation sites is 5. The van der Waals surface area contributed by atoms with E-state index in [2.05, 4.69) is 269 Å². The molecule has 0 aliphatic heterocycles. The standard InChI is InChI=1S/C76H50N6/c1-49-19-18-24-54(45-49)55-39-44-72-66(46-55)63-29-12-17-34-71(63)82(72)73-64(50-35-40-57(41-36-50)80-67-30-13-8-25-59(67)60-26-9-14-31-68(60)80)47-56(76-78-74(52-20-4-2-5-21-52)77-75(79-76)53-22-6-3-7-23-53)48-65(73)51-37-42-58(43-38-51)81-69-32-15-10-27-61(69)62-28-11-16-33-70(62)81/h2-48H,1H3. The summed E-state index contributed by atoms with van der Waals surface area (Å²) in [5, 5.41) is 7.26. The van der Waals surface area contributed by atoms with Crippen LogP contribution in [0.25, 0.3) is 150 Å². The number of rotatable bonds is 9. The zero-order valence-electron chi connectivity index (χ0n) is 44.8. The molecule has 6 nitrogen and oxygen atoms in total.